The van der Waals surface area contributed by atoms with Gasteiger partial charge in [0.25, 0.3) is 5.56 Å². The number of hydrogen-bond donors (Lipinski definition) is 0. The van der Waals surface area contributed by atoms with Crippen LogP contribution < -0.4 is 5.56 Å². The van der Waals surface area contributed by atoms with Crippen molar-refractivity contribution in [1.82, 2.24) is 14.5 Å². The molecule has 4 heteroatoms. The average Bonchev–Trinajstić information content (AvgIpc) is 2.59. The lowest BCUT2D eigenvalue weighted by Crippen LogP contribution is -2.40. The van der Waals surface area contributed by atoms with Crippen molar-refractivity contribution in [3.05, 3.63) is 40.4 Å². The standard InChI is InChI=1S/C20H29N3O/c1-4-9-18(22-13-8-10-15(3)14-22)19-21-17-12-7-6-11-16(17)20(24)23(19)5-2/h6-7,11-12,15,18H,4-5,8-10,13-14H2,1-3H3/t15-,18-/m1/s1. The molecule has 0 unspecified atom stereocenters. The Kier molecular flexibility index (Phi) is 5.34. The maximum atomic E-state index is 12.9. The summed E-state index contributed by atoms with van der Waals surface area (Å²) in [5.74, 6) is 1.68. The first-order valence-corrected chi connectivity index (χ1v) is 9.39. The van der Waals surface area contributed by atoms with Crippen LogP contribution in [0.1, 0.15) is 58.3 Å². The van der Waals surface area contributed by atoms with Crippen LogP contribution in [0.2, 0.25) is 0 Å². The summed E-state index contributed by atoms with van der Waals surface area (Å²) >= 11 is 0. The number of piperidine rings is 1. The van der Waals surface area contributed by atoms with E-state index in [2.05, 4.69) is 18.7 Å². The van der Waals surface area contributed by atoms with Gasteiger partial charge >= 0.3 is 0 Å². The molecule has 2 aromatic rings. The van der Waals surface area contributed by atoms with Crippen molar-refractivity contribution >= 4 is 10.9 Å². The van der Waals surface area contributed by atoms with Crippen LogP contribution in [0.5, 0.6) is 0 Å². The summed E-state index contributed by atoms with van der Waals surface area (Å²) < 4.78 is 1.89. The fourth-order valence-corrected chi connectivity index (χ4v) is 4.00. The van der Waals surface area contributed by atoms with E-state index >= 15 is 0 Å². The van der Waals surface area contributed by atoms with E-state index in [0.29, 0.717) is 6.54 Å². The molecule has 1 fully saturated rings. The lowest BCUT2D eigenvalue weighted by molar-refractivity contribution is 0.115. The van der Waals surface area contributed by atoms with Crippen LogP contribution >= 0.6 is 0 Å². The van der Waals surface area contributed by atoms with Gasteiger partial charge in [-0.2, -0.15) is 0 Å². The third-order valence-corrected chi connectivity index (χ3v) is 5.20. The van der Waals surface area contributed by atoms with E-state index in [0.717, 1.165) is 48.6 Å². The van der Waals surface area contributed by atoms with Crippen LogP contribution in [-0.2, 0) is 6.54 Å². The van der Waals surface area contributed by atoms with Gasteiger partial charge in [-0.25, -0.2) is 4.98 Å². The molecule has 0 saturated carbocycles. The van der Waals surface area contributed by atoms with E-state index in [-0.39, 0.29) is 11.6 Å². The number of benzene rings is 1. The van der Waals surface area contributed by atoms with Crippen LogP contribution in [-0.4, -0.2) is 27.5 Å². The lowest BCUT2D eigenvalue weighted by Gasteiger charge is -2.37. The second-order valence-electron chi connectivity index (χ2n) is 7.08. The molecule has 1 aromatic carbocycles. The summed E-state index contributed by atoms with van der Waals surface area (Å²) in [6.45, 7) is 9.49. The molecule has 130 valence electrons. The number of para-hydroxylation sites is 1. The van der Waals surface area contributed by atoms with Crippen LogP contribution in [0.25, 0.3) is 10.9 Å². The molecule has 1 saturated heterocycles. The zero-order valence-corrected chi connectivity index (χ0v) is 15.2. The predicted octanol–water partition coefficient (Wildman–Crippen LogP) is 3.99. The Balaban J connectivity index is 2.11. The number of aromatic nitrogens is 2. The Hall–Kier alpha value is -1.68. The topological polar surface area (TPSA) is 38.1 Å². The summed E-state index contributed by atoms with van der Waals surface area (Å²) in [4.78, 5) is 20.4. The molecule has 4 nitrogen and oxygen atoms in total. The maximum absolute atomic E-state index is 12.9. The minimum atomic E-state index is 0.101. The highest BCUT2D eigenvalue weighted by Crippen LogP contribution is 2.29. The molecule has 1 aliphatic heterocycles. The van der Waals surface area contributed by atoms with E-state index < -0.39 is 0 Å². The number of rotatable bonds is 5. The van der Waals surface area contributed by atoms with Crippen molar-refractivity contribution in [2.75, 3.05) is 13.1 Å². The van der Waals surface area contributed by atoms with Gasteiger partial charge in [0.15, 0.2) is 0 Å². The first-order valence-electron chi connectivity index (χ1n) is 9.39. The van der Waals surface area contributed by atoms with Crippen LogP contribution in [0.15, 0.2) is 29.1 Å². The van der Waals surface area contributed by atoms with Gasteiger partial charge in [0.2, 0.25) is 0 Å². The number of fused-ring (bicyclic) bond motifs is 1. The molecule has 0 bridgehead atoms. The Morgan fingerprint density at radius 1 is 1.29 bits per heavy atom. The Morgan fingerprint density at radius 3 is 2.79 bits per heavy atom. The minimum absolute atomic E-state index is 0.101. The van der Waals surface area contributed by atoms with E-state index in [1.165, 1.54) is 12.8 Å². The number of likely N-dealkylation sites (tertiary alicyclic amines) is 1. The normalized spacial score (nSPS) is 20.4. The van der Waals surface area contributed by atoms with Gasteiger partial charge in [0, 0.05) is 13.1 Å². The lowest BCUT2D eigenvalue weighted by atomic mass is 9.97. The van der Waals surface area contributed by atoms with E-state index in [9.17, 15) is 4.79 Å². The van der Waals surface area contributed by atoms with E-state index in [1.807, 2.05) is 35.8 Å². The fourth-order valence-electron chi connectivity index (χ4n) is 4.00. The molecule has 0 aliphatic carbocycles. The summed E-state index contributed by atoms with van der Waals surface area (Å²) in [5, 5.41) is 0.727. The van der Waals surface area contributed by atoms with E-state index in [4.69, 9.17) is 4.98 Å². The molecule has 2 atom stereocenters. The molecular weight excluding hydrogens is 298 g/mol. The maximum Gasteiger partial charge on any atom is 0.261 e. The fraction of sp³-hybridized carbons (Fsp3) is 0.600. The van der Waals surface area contributed by atoms with E-state index in [1.54, 1.807) is 0 Å². The van der Waals surface area contributed by atoms with Crippen LogP contribution in [0, 0.1) is 5.92 Å². The zero-order chi connectivity index (χ0) is 17.1. The molecule has 0 spiro atoms. The minimum Gasteiger partial charge on any atom is -0.295 e. The van der Waals surface area contributed by atoms with Crippen molar-refractivity contribution in [3.8, 4) is 0 Å². The van der Waals surface area contributed by atoms with Crippen molar-refractivity contribution in [3.63, 3.8) is 0 Å². The Labute approximate surface area is 144 Å². The predicted molar refractivity (Wildman–Crippen MR) is 99.3 cm³/mol. The highest BCUT2D eigenvalue weighted by atomic mass is 16.1. The van der Waals surface area contributed by atoms with Gasteiger partial charge in [-0.05, 0) is 50.8 Å². The number of nitrogens with zero attached hydrogens (tertiary/aromatic N) is 3. The van der Waals surface area contributed by atoms with Crippen LogP contribution in [0.4, 0.5) is 0 Å². The monoisotopic (exact) mass is 327 g/mol. The Morgan fingerprint density at radius 2 is 2.08 bits per heavy atom. The first kappa shape index (κ1) is 17.2. The van der Waals surface area contributed by atoms with Gasteiger partial charge < -0.3 is 0 Å². The average molecular weight is 327 g/mol. The molecule has 24 heavy (non-hydrogen) atoms. The van der Waals surface area contributed by atoms with Crippen molar-refractivity contribution in [2.45, 2.75) is 59.0 Å². The molecule has 2 heterocycles. The summed E-state index contributed by atoms with van der Waals surface area (Å²) in [6.07, 6.45) is 4.70. The van der Waals surface area contributed by atoms with Gasteiger partial charge in [-0.15, -0.1) is 0 Å². The second kappa shape index (κ2) is 7.47. The molecule has 3 rings (SSSR count). The van der Waals surface area contributed by atoms with Crippen molar-refractivity contribution in [1.29, 1.82) is 0 Å². The summed E-state index contributed by atoms with van der Waals surface area (Å²) in [6, 6.07) is 7.98. The first-order chi connectivity index (χ1) is 11.7. The summed E-state index contributed by atoms with van der Waals surface area (Å²) in [5.41, 5.74) is 0.928. The highest BCUT2D eigenvalue weighted by Gasteiger charge is 2.28. The number of hydrogen-bond acceptors (Lipinski definition) is 3. The molecule has 1 aliphatic rings. The quantitative estimate of drug-likeness (QED) is 0.833. The van der Waals surface area contributed by atoms with Crippen molar-refractivity contribution in [2.24, 2.45) is 5.92 Å². The molecule has 0 N–H and O–H groups in total. The van der Waals surface area contributed by atoms with Crippen LogP contribution in [0.3, 0.4) is 0 Å². The molecule has 0 amide bonds. The second-order valence-corrected chi connectivity index (χ2v) is 7.08. The Bertz CT molecular complexity index is 752. The van der Waals surface area contributed by atoms with Gasteiger partial charge in [0.1, 0.15) is 5.82 Å². The van der Waals surface area contributed by atoms with Gasteiger partial charge in [-0.3, -0.25) is 14.3 Å². The third kappa shape index (κ3) is 3.25. The summed E-state index contributed by atoms with van der Waals surface area (Å²) in [7, 11) is 0. The van der Waals surface area contributed by atoms with Crippen molar-refractivity contribution < 1.29 is 0 Å². The highest BCUT2D eigenvalue weighted by molar-refractivity contribution is 5.77. The zero-order valence-electron chi connectivity index (χ0n) is 15.2. The molecule has 1 aromatic heterocycles. The van der Waals surface area contributed by atoms with Gasteiger partial charge in [0.05, 0.1) is 16.9 Å². The van der Waals surface area contributed by atoms with Gasteiger partial charge in [-0.1, -0.05) is 32.4 Å². The smallest absolute Gasteiger partial charge is 0.261 e. The SMILES string of the molecule is CCC[C@H](c1nc2ccccc2c(=O)n1CC)N1CCC[C@@H](C)C1. The third-order valence-electron chi connectivity index (χ3n) is 5.20. The largest absolute Gasteiger partial charge is 0.295 e. The molecule has 0 radical (unpaired) electrons. The molecular formula is C20H29N3O.